The first-order chi connectivity index (χ1) is 7.61. The van der Waals surface area contributed by atoms with E-state index in [1.165, 1.54) is 6.92 Å². The van der Waals surface area contributed by atoms with Crippen LogP contribution in [0, 0.1) is 18.8 Å². The average molecular weight is 236 g/mol. The Morgan fingerprint density at radius 2 is 2.25 bits per heavy atom. The molecular weight excluding hydrogens is 222 g/mol. The fraction of sp³-hybridized carbons (Fsp3) is 0.308. The first-order valence-electron chi connectivity index (χ1n) is 5.09. The van der Waals surface area contributed by atoms with Crippen LogP contribution in [0.15, 0.2) is 18.2 Å². The second kappa shape index (κ2) is 6.19. The van der Waals surface area contributed by atoms with E-state index in [4.69, 9.17) is 11.6 Å². The third-order valence-corrected chi connectivity index (χ3v) is 2.54. The van der Waals surface area contributed by atoms with E-state index in [1.54, 1.807) is 0 Å². The van der Waals surface area contributed by atoms with Gasteiger partial charge < -0.3 is 5.32 Å². The third-order valence-electron chi connectivity index (χ3n) is 2.04. The number of carbonyl (C=O) groups is 1. The second-order valence-corrected chi connectivity index (χ2v) is 3.85. The molecule has 0 aromatic heterocycles. The fourth-order valence-electron chi connectivity index (χ4n) is 1.20. The molecule has 2 nitrogen and oxygen atoms in total. The van der Waals surface area contributed by atoms with Crippen molar-refractivity contribution in [3.63, 3.8) is 0 Å². The molecule has 0 heterocycles. The first kappa shape index (κ1) is 12.6. The van der Waals surface area contributed by atoms with Crippen molar-refractivity contribution < 1.29 is 4.79 Å². The molecule has 1 aromatic rings. The van der Waals surface area contributed by atoms with E-state index < -0.39 is 0 Å². The van der Waals surface area contributed by atoms with Gasteiger partial charge in [-0.2, -0.15) is 0 Å². The highest BCUT2D eigenvalue weighted by Crippen LogP contribution is 2.18. The summed E-state index contributed by atoms with van der Waals surface area (Å²) in [4.78, 5) is 10.6. The van der Waals surface area contributed by atoms with Gasteiger partial charge in [-0.25, -0.2) is 0 Å². The maximum atomic E-state index is 10.6. The minimum absolute atomic E-state index is 0.0320. The van der Waals surface area contributed by atoms with E-state index in [1.807, 2.05) is 25.1 Å². The van der Waals surface area contributed by atoms with Crippen molar-refractivity contribution in [2.75, 3.05) is 6.54 Å². The molecule has 0 aliphatic rings. The lowest BCUT2D eigenvalue weighted by Gasteiger charge is -1.99. The predicted molar refractivity (Wildman–Crippen MR) is 66.4 cm³/mol. The first-order valence-corrected chi connectivity index (χ1v) is 5.47. The molecule has 0 radical (unpaired) electrons. The van der Waals surface area contributed by atoms with Gasteiger partial charge in [0.2, 0.25) is 5.91 Å². The predicted octanol–water partition coefficient (Wildman–Crippen LogP) is 2.53. The number of hydrogen-bond acceptors (Lipinski definition) is 1. The lowest BCUT2D eigenvalue weighted by atomic mass is 10.1. The number of rotatable bonds is 2. The Morgan fingerprint density at radius 1 is 1.50 bits per heavy atom. The molecule has 84 valence electrons. The molecule has 16 heavy (non-hydrogen) atoms. The van der Waals surface area contributed by atoms with Gasteiger partial charge >= 0.3 is 0 Å². The van der Waals surface area contributed by atoms with Crippen molar-refractivity contribution >= 4 is 17.5 Å². The monoisotopic (exact) mass is 235 g/mol. The van der Waals surface area contributed by atoms with Crippen LogP contribution in [-0.4, -0.2) is 12.5 Å². The largest absolute Gasteiger partial charge is 0.355 e. The molecule has 0 atom stereocenters. The Morgan fingerprint density at radius 3 is 2.94 bits per heavy atom. The summed E-state index contributed by atoms with van der Waals surface area (Å²) < 4.78 is 0. The van der Waals surface area contributed by atoms with Crippen LogP contribution < -0.4 is 5.32 Å². The molecular formula is C13H14ClNO. The normalized spacial score (nSPS) is 9.19. The molecule has 0 spiro atoms. The van der Waals surface area contributed by atoms with Crippen LogP contribution in [0.5, 0.6) is 0 Å². The lowest BCUT2D eigenvalue weighted by Crippen LogP contribution is -2.20. The van der Waals surface area contributed by atoms with Crippen LogP contribution in [0.4, 0.5) is 0 Å². The summed E-state index contributed by atoms with van der Waals surface area (Å²) in [5.41, 5.74) is 1.86. The van der Waals surface area contributed by atoms with E-state index in [0.717, 1.165) is 11.1 Å². The molecule has 1 rings (SSSR count). The molecule has 3 heteroatoms. The van der Waals surface area contributed by atoms with Gasteiger partial charge in [-0.3, -0.25) is 4.79 Å². The standard InChI is InChI=1S/C13H14ClNO/c1-10-6-5-8-12(13(10)14)7-3-4-9-15-11(2)16/h5-6,8H,4,9H2,1-2H3,(H,15,16). The quantitative estimate of drug-likeness (QED) is 0.620. The van der Waals surface area contributed by atoms with Crippen molar-refractivity contribution in [2.24, 2.45) is 0 Å². The van der Waals surface area contributed by atoms with Gasteiger partial charge in [0.1, 0.15) is 0 Å². The van der Waals surface area contributed by atoms with Crippen molar-refractivity contribution in [3.05, 3.63) is 34.3 Å². The Hall–Kier alpha value is -1.46. The van der Waals surface area contributed by atoms with Crippen LogP contribution in [0.25, 0.3) is 0 Å². The fourth-order valence-corrected chi connectivity index (χ4v) is 1.38. The molecule has 1 N–H and O–H groups in total. The smallest absolute Gasteiger partial charge is 0.216 e. The Balaban J connectivity index is 2.56. The van der Waals surface area contributed by atoms with Crippen molar-refractivity contribution in [3.8, 4) is 11.8 Å². The number of amides is 1. The van der Waals surface area contributed by atoms with E-state index in [9.17, 15) is 4.79 Å². The number of carbonyl (C=O) groups excluding carboxylic acids is 1. The minimum atomic E-state index is -0.0320. The second-order valence-electron chi connectivity index (χ2n) is 3.47. The van der Waals surface area contributed by atoms with E-state index in [2.05, 4.69) is 17.2 Å². The molecule has 0 aliphatic carbocycles. The zero-order chi connectivity index (χ0) is 12.0. The summed E-state index contributed by atoms with van der Waals surface area (Å²) in [6, 6.07) is 5.77. The van der Waals surface area contributed by atoms with Gasteiger partial charge in [-0.05, 0) is 18.6 Å². The van der Waals surface area contributed by atoms with E-state index >= 15 is 0 Å². The highest BCUT2D eigenvalue weighted by atomic mass is 35.5. The summed E-state index contributed by atoms with van der Waals surface area (Å²) >= 11 is 6.08. The van der Waals surface area contributed by atoms with Crippen molar-refractivity contribution in [1.29, 1.82) is 0 Å². The van der Waals surface area contributed by atoms with Crippen LogP contribution in [0.2, 0.25) is 5.02 Å². The zero-order valence-corrected chi connectivity index (χ0v) is 10.2. The summed E-state index contributed by atoms with van der Waals surface area (Å²) in [5.74, 6) is 5.94. The minimum Gasteiger partial charge on any atom is -0.355 e. The number of benzene rings is 1. The summed E-state index contributed by atoms with van der Waals surface area (Å²) in [7, 11) is 0. The molecule has 0 saturated heterocycles. The molecule has 1 amide bonds. The van der Waals surface area contributed by atoms with Gasteiger partial charge in [0, 0.05) is 25.5 Å². The van der Waals surface area contributed by atoms with Crippen molar-refractivity contribution in [1.82, 2.24) is 5.32 Å². The molecule has 0 unspecified atom stereocenters. The Kier molecular flexibility index (Phi) is 4.88. The highest BCUT2D eigenvalue weighted by molar-refractivity contribution is 6.32. The van der Waals surface area contributed by atoms with Crippen LogP contribution in [0.1, 0.15) is 24.5 Å². The number of nitrogens with one attached hydrogen (secondary N) is 1. The molecule has 1 aromatic carbocycles. The van der Waals surface area contributed by atoms with E-state index in [0.29, 0.717) is 18.0 Å². The molecule has 0 aliphatic heterocycles. The topological polar surface area (TPSA) is 29.1 Å². The number of halogens is 1. The lowest BCUT2D eigenvalue weighted by molar-refractivity contribution is -0.118. The van der Waals surface area contributed by atoms with Gasteiger partial charge in [0.15, 0.2) is 0 Å². The van der Waals surface area contributed by atoms with Crippen LogP contribution in [-0.2, 0) is 4.79 Å². The number of hydrogen-bond donors (Lipinski definition) is 1. The van der Waals surface area contributed by atoms with Gasteiger partial charge in [-0.1, -0.05) is 35.6 Å². The SMILES string of the molecule is CC(=O)NCCC#Cc1cccc(C)c1Cl. The van der Waals surface area contributed by atoms with Gasteiger partial charge in [-0.15, -0.1) is 0 Å². The zero-order valence-electron chi connectivity index (χ0n) is 9.43. The van der Waals surface area contributed by atoms with Crippen LogP contribution >= 0.6 is 11.6 Å². The molecule has 0 bridgehead atoms. The third kappa shape index (κ3) is 3.96. The summed E-state index contributed by atoms with van der Waals surface area (Å²) in [5, 5.41) is 3.39. The Labute approximate surface area is 101 Å². The van der Waals surface area contributed by atoms with Crippen LogP contribution in [0.3, 0.4) is 0 Å². The number of aryl methyl sites for hydroxylation is 1. The summed E-state index contributed by atoms with van der Waals surface area (Å²) in [6.45, 7) is 4.02. The van der Waals surface area contributed by atoms with Gasteiger partial charge in [0.25, 0.3) is 0 Å². The molecule has 0 fully saturated rings. The average Bonchev–Trinajstić information content (AvgIpc) is 2.23. The van der Waals surface area contributed by atoms with Crippen molar-refractivity contribution in [2.45, 2.75) is 20.3 Å². The van der Waals surface area contributed by atoms with E-state index in [-0.39, 0.29) is 5.91 Å². The Bertz CT molecular complexity index is 443. The maximum absolute atomic E-state index is 10.6. The highest BCUT2D eigenvalue weighted by Gasteiger charge is 1.98. The summed E-state index contributed by atoms with van der Waals surface area (Å²) in [6.07, 6.45) is 0.629. The molecule has 0 saturated carbocycles. The maximum Gasteiger partial charge on any atom is 0.216 e. The van der Waals surface area contributed by atoms with Gasteiger partial charge in [0.05, 0.1) is 5.02 Å².